The molecule has 0 spiro atoms. The highest BCUT2D eigenvalue weighted by Gasteiger charge is 2.23. The molecule has 4 rings (SSSR count). The fraction of sp³-hybridized carbons (Fsp3) is 0.222. The van der Waals surface area contributed by atoms with Crippen LogP contribution in [-0.2, 0) is 5.41 Å². The first-order chi connectivity index (χ1) is 16.8. The van der Waals surface area contributed by atoms with E-state index < -0.39 is 0 Å². The molecule has 2 amide bonds. The number of carbonyl (C=O) groups is 2. The summed E-state index contributed by atoms with van der Waals surface area (Å²) < 4.78 is 10.5. The van der Waals surface area contributed by atoms with Gasteiger partial charge in [-0.15, -0.1) is 0 Å². The van der Waals surface area contributed by atoms with Gasteiger partial charge in [0.1, 0.15) is 5.65 Å². The average molecular weight is 473 g/mol. The molecule has 8 heteroatoms. The van der Waals surface area contributed by atoms with Gasteiger partial charge in [0.05, 0.1) is 19.8 Å². The number of pyridine rings is 1. The second-order valence-electron chi connectivity index (χ2n) is 8.77. The summed E-state index contributed by atoms with van der Waals surface area (Å²) in [6, 6.07) is 16.3. The highest BCUT2D eigenvalue weighted by Crippen LogP contribution is 2.28. The first-order valence-electron chi connectivity index (χ1n) is 11.2. The lowest BCUT2D eigenvalue weighted by Gasteiger charge is -2.26. The lowest BCUT2D eigenvalue weighted by molar-refractivity contribution is 0.0946. The maximum atomic E-state index is 12.8. The van der Waals surface area contributed by atoms with Crippen LogP contribution in [0.1, 0.15) is 40.1 Å². The molecule has 2 aromatic heterocycles. The number of hydrogen-bond acceptors (Lipinski definition) is 5. The smallest absolute Gasteiger partial charge is 0.255 e. The van der Waals surface area contributed by atoms with E-state index in [1.807, 2.05) is 36.4 Å². The average Bonchev–Trinajstić information content (AvgIpc) is 3.31. The van der Waals surface area contributed by atoms with Gasteiger partial charge in [0.15, 0.2) is 11.5 Å². The van der Waals surface area contributed by atoms with E-state index in [1.54, 1.807) is 37.7 Å². The molecule has 4 aromatic rings. The molecule has 0 radical (unpaired) electrons. The molecule has 2 aromatic carbocycles. The van der Waals surface area contributed by atoms with E-state index in [0.29, 0.717) is 40.5 Å². The number of methoxy groups -OCH3 is 2. The van der Waals surface area contributed by atoms with Crippen LogP contribution in [0.25, 0.3) is 11.0 Å². The normalized spacial score (nSPS) is 11.2. The molecular formula is C27H28N4O4. The minimum atomic E-state index is -0.327. The Morgan fingerprint density at radius 1 is 0.971 bits per heavy atom. The molecule has 35 heavy (non-hydrogen) atoms. The molecule has 0 saturated carbocycles. The number of anilines is 1. The molecular weight excluding hydrogens is 444 g/mol. The van der Waals surface area contributed by atoms with E-state index in [4.69, 9.17) is 9.47 Å². The van der Waals surface area contributed by atoms with Crippen molar-refractivity contribution in [3.8, 4) is 11.5 Å². The summed E-state index contributed by atoms with van der Waals surface area (Å²) in [5.74, 6) is 0.641. The molecule has 0 atom stereocenters. The topological polar surface area (TPSA) is 105 Å². The van der Waals surface area contributed by atoms with E-state index in [1.165, 1.54) is 7.11 Å². The minimum Gasteiger partial charge on any atom is -0.493 e. The van der Waals surface area contributed by atoms with Gasteiger partial charge in [0.2, 0.25) is 0 Å². The number of aromatic amines is 1. The number of hydrogen-bond donors (Lipinski definition) is 3. The SMILES string of the molecule is COc1ccc(C(=O)Nc2ccc(C(C)(C)CNC(=O)c3c[nH]c4ncccc34)cc2)cc1OC. The number of rotatable bonds is 8. The lowest BCUT2D eigenvalue weighted by atomic mass is 9.84. The monoisotopic (exact) mass is 472 g/mol. The second kappa shape index (κ2) is 9.89. The summed E-state index contributed by atoms with van der Waals surface area (Å²) in [6.45, 7) is 4.55. The molecule has 0 aliphatic rings. The van der Waals surface area contributed by atoms with Gasteiger partial charge in [-0.25, -0.2) is 4.98 Å². The number of nitrogens with one attached hydrogen (secondary N) is 3. The Bertz CT molecular complexity index is 1360. The molecule has 0 aliphatic heterocycles. The third kappa shape index (κ3) is 5.11. The quantitative estimate of drug-likeness (QED) is 0.349. The van der Waals surface area contributed by atoms with E-state index in [0.717, 1.165) is 10.9 Å². The number of carbonyl (C=O) groups excluding carboxylic acids is 2. The molecule has 8 nitrogen and oxygen atoms in total. The zero-order chi connectivity index (χ0) is 25.0. The van der Waals surface area contributed by atoms with E-state index in [9.17, 15) is 9.59 Å². The van der Waals surface area contributed by atoms with E-state index >= 15 is 0 Å². The summed E-state index contributed by atoms with van der Waals surface area (Å²) in [7, 11) is 3.08. The van der Waals surface area contributed by atoms with Crippen LogP contribution in [0.2, 0.25) is 0 Å². The molecule has 0 bridgehead atoms. The van der Waals surface area contributed by atoms with Crippen molar-refractivity contribution in [3.05, 3.63) is 83.7 Å². The minimum absolute atomic E-state index is 0.156. The Morgan fingerprint density at radius 3 is 2.43 bits per heavy atom. The maximum Gasteiger partial charge on any atom is 0.255 e. The van der Waals surface area contributed by atoms with Crippen molar-refractivity contribution in [2.24, 2.45) is 0 Å². The van der Waals surface area contributed by atoms with Crippen molar-refractivity contribution >= 4 is 28.5 Å². The van der Waals surface area contributed by atoms with Gasteiger partial charge < -0.3 is 25.1 Å². The third-order valence-electron chi connectivity index (χ3n) is 5.96. The summed E-state index contributed by atoms with van der Waals surface area (Å²) in [5, 5.41) is 6.71. The zero-order valence-electron chi connectivity index (χ0n) is 20.1. The van der Waals surface area contributed by atoms with Crippen molar-refractivity contribution in [1.29, 1.82) is 0 Å². The molecule has 2 heterocycles. The second-order valence-corrected chi connectivity index (χ2v) is 8.77. The van der Waals surface area contributed by atoms with Gasteiger partial charge in [0, 0.05) is 41.0 Å². The van der Waals surface area contributed by atoms with Gasteiger partial charge in [-0.2, -0.15) is 0 Å². The maximum absolute atomic E-state index is 12.8. The fourth-order valence-corrected chi connectivity index (χ4v) is 3.83. The Kier molecular flexibility index (Phi) is 6.73. The number of amides is 2. The first kappa shape index (κ1) is 23.8. The van der Waals surface area contributed by atoms with Gasteiger partial charge >= 0.3 is 0 Å². The summed E-state index contributed by atoms with van der Waals surface area (Å²) in [5.41, 5.74) is 3.08. The van der Waals surface area contributed by atoms with Crippen molar-refractivity contribution in [2.75, 3.05) is 26.1 Å². The standard InChI is InChI=1S/C27H28N4O4/c1-27(2,16-30-26(33)21-15-29-24-20(21)6-5-13-28-24)18-8-10-19(11-9-18)31-25(32)17-7-12-22(34-3)23(14-17)35-4/h5-15H,16H2,1-4H3,(H,28,29)(H,30,33)(H,31,32). The molecule has 0 unspecified atom stereocenters. The van der Waals surface area contributed by atoms with E-state index in [2.05, 4.69) is 34.4 Å². The lowest BCUT2D eigenvalue weighted by Crippen LogP contribution is -2.36. The Balaban J connectivity index is 1.40. The molecule has 0 saturated heterocycles. The first-order valence-corrected chi connectivity index (χ1v) is 11.2. The highest BCUT2D eigenvalue weighted by atomic mass is 16.5. The van der Waals surface area contributed by atoms with Crippen molar-refractivity contribution in [2.45, 2.75) is 19.3 Å². The summed E-state index contributed by atoms with van der Waals surface area (Å²) in [4.78, 5) is 32.7. The number of H-pyrrole nitrogens is 1. The van der Waals surface area contributed by atoms with Crippen LogP contribution >= 0.6 is 0 Å². The largest absolute Gasteiger partial charge is 0.493 e. The number of benzene rings is 2. The number of aromatic nitrogens is 2. The van der Waals surface area contributed by atoms with Crippen molar-refractivity contribution < 1.29 is 19.1 Å². The molecule has 3 N–H and O–H groups in total. The summed E-state index contributed by atoms with van der Waals surface area (Å²) >= 11 is 0. The van der Waals surface area contributed by atoms with Crippen molar-refractivity contribution in [3.63, 3.8) is 0 Å². The van der Waals surface area contributed by atoms with Crippen LogP contribution in [0, 0.1) is 0 Å². The zero-order valence-corrected chi connectivity index (χ0v) is 20.1. The molecule has 180 valence electrons. The molecule has 0 aliphatic carbocycles. The van der Waals surface area contributed by atoms with Crippen LogP contribution in [0.4, 0.5) is 5.69 Å². The number of fused-ring (bicyclic) bond motifs is 1. The van der Waals surface area contributed by atoms with Crippen LogP contribution in [-0.4, -0.2) is 42.5 Å². The Labute approximate surface area is 203 Å². The Morgan fingerprint density at radius 2 is 1.71 bits per heavy atom. The van der Waals surface area contributed by atoms with Crippen LogP contribution < -0.4 is 20.1 Å². The Hall–Kier alpha value is -4.33. The van der Waals surface area contributed by atoms with E-state index in [-0.39, 0.29) is 17.2 Å². The van der Waals surface area contributed by atoms with Gasteiger partial charge in [-0.1, -0.05) is 26.0 Å². The summed E-state index contributed by atoms with van der Waals surface area (Å²) in [6.07, 6.45) is 3.36. The predicted octanol–water partition coefficient (Wildman–Crippen LogP) is 4.54. The predicted molar refractivity (Wildman–Crippen MR) is 135 cm³/mol. The van der Waals surface area contributed by atoms with Crippen LogP contribution in [0.5, 0.6) is 11.5 Å². The number of nitrogens with zero attached hydrogens (tertiary/aromatic N) is 1. The third-order valence-corrected chi connectivity index (χ3v) is 5.96. The van der Waals surface area contributed by atoms with Gasteiger partial charge in [0.25, 0.3) is 11.8 Å². The fourth-order valence-electron chi connectivity index (χ4n) is 3.83. The van der Waals surface area contributed by atoms with Crippen LogP contribution in [0.3, 0.4) is 0 Å². The van der Waals surface area contributed by atoms with Gasteiger partial charge in [-0.05, 0) is 48.0 Å². The highest BCUT2D eigenvalue weighted by molar-refractivity contribution is 6.06. The number of ether oxygens (including phenoxy) is 2. The molecule has 0 fully saturated rings. The van der Waals surface area contributed by atoms with Crippen molar-refractivity contribution in [1.82, 2.24) is 15.3 Å². The van der Waals surface area contributed by atoms with Gasteiger partial charge in [-0.3, -0.25) is 9.59 Å². The van der Waals surface area contributed by atoms with Crippen LogP contribution in [0.15, 0.2) is 67.0 Å².